The van der Waals surface area contributed by atoms with E-state index in [1.807, 2.05) is 0 Å². The lowest BCUT2D eigenvalue weighted by atomic mass is 10.3. The molecule has 8 heteroatoms. The predicted octanol–water partition coefficient (Wildman–Crippen LogP) is 4.72. The topological polar surface area (TPSA) is 69.9 Å². The van der Waals surface area contributed by atoms with Crippen molar-refractivity contribution >= 4 is 11.6 Å². The number of furan rings is 1. The van der Waals surface area contributed by atoms with Crippen molar-refractivity contribution in [3.63, 3.8) is 0 Å². The third-order valence-electron chi connectivity index (χ3n) is 3.66. The van der Waals surface area contributed by atoms with E-state index in [9.17, 15) is 13.6 Å². The van der Waals surface area contributed by atoms with E-state index < -0.39 is 12.5 Å². The highest BCUT2D eigenvalue weighted by molar-refractivity contribution is 6.03. The number of hydrogen-bond acceptors (Lipinski definition) is 5. The van der Waals surface area contributed by atoms with Crippen LogP contribution < -0.4 is 19.5 Å². The van der Waals surface area contributed by atoms with E-state index in [0.717, 1.165) is 0 Å². The minimum Gasteiger partial charge on any atom is -0.497 e. The molecule has 0 radical (unpaired) electrons. The number of para-hydroxylation sites is 2. The number of halogens is 2. The summed E-state index contributed by atoms with van der Waals surface area (Å²) in [5, 5.41) is 2.49. The minimum atomic E-state index is -3.00. The van der Waals surface area contributed by atoms with Crippen LogP contribution in [0.1, 0.15) is 16.3 Å². The van der Waals surface area contributed by atoms with Crippen molar-refractivity contribution in [1.82, 2.24) is 0 Å². The van der Waals surface area contributed by atoms with E-state index in [2.05, 4.69) is 10.1 Å². The SMILES string of the molecule is COc1cccc(OCc2ccc(C(=O)Nc3ccccc3OC(F)F)o2)c1. The smallest absolute Gasteiger partial charge is 0.387 e. The second-order valence-electron chi connectivity index (χ2n) is 5.56. The maximum atomic E-state index is 12.5. The first kappa shape index (κ1) is 19.2. The highest BCUT2D eigenvalue weighted by Gasteiger charge is 2.15. The molecule has 28 heavy (non-hydrogen) atoms. The highest BCUT2D eigenvalue weighted by Crippen LogP contribution is 2.26. The van der Waals surface area contributed by atoms with Crippen LogP contribution >= 0.6 is 0 Å². The van der Waals surface area contributed by atoms with Crippen LogP contribution in [0.25, 0.3) is 0 Å². The number of rotatable bonds is 8. The van der Waals surface area contributed by atoms with Crippen LogP contribution in [0.5, 0.6) is 17.2 Å². The van der Waals surface area contributed by atoms with E-state index in [4.69, 9.17) is 13.9 Å². The van der Waals surface area contributed by atoms with Crippen molar-refractivity contribution in [2.75, 3.05) is 12.4 Å². The molecule has 0 fully saturated rings. The lowest BCUT2D eigenvalue weighted by Crippen LogP contribution is -2.13. The number of hydrogen-bond donors (Lipinski definition) is 1. The van der Waals surface area contributed by atoms with Gasteiger partial charge in [-0.15, -0.1) is 0 Å². The normalized spacial score (nSPS) is 10.6. The summed E-state index contributed by atoms with van der Waals surface area (Å²) in [7, 11) is 1.56. The van der Waals surface area contributed by atoms with Crippen LogP contribution in [0.3, 0.4) is 0 Å². The minimum absolute atomic E-state index is 0.0103. The Kier molecular flexibility index (Phi) is 6.11. The molecular weight excluding hydrogens is 372 g/mol. The Bertz CT molecular complexity index is 942. The van der Waals surface area contributed by atoms with E-state index >= 15 is 0 Å². The van der Waals surface area contributed by atoms with Gasteiger partial charge in [-0.3, -0.25) is 4.79 Å². The van der Waals surface area contributed by atoms with E-state index in [0.29, 0.717) is 17.3 Å². The van der Waals surface area contributed by atoms with Crippen molar-refractivity contribution in [3.8, 4) is 17.2 Å². The Balaban J connectivity index is 1.63. The molecule has 0 aliphatic carbocycles. The first-order valence-corrected chi connectivity index (χ1v) is 8.26. The summed E-state index contributed by atoms with van der Waals surface area (Å²) in [6, 6.07) is 16.0. The van der Waals surface area contributed by atoms with E-state index in [-0.39, 0.29) is 23.8 Å². The van der Waals surface area contributed by atoms with Crippen molar-refractivity contribution < 1.29 is 32.2 Å². The average molecular weight is 389 g/mol. The second kappa shape index (κ2) is 8.90. The molecule has 1 aromatic heterocycles. The average Bonchev–Trinajstić information content (AvgIpc) is 3.17. The van der Waals surface area contributed by atoms with Gasteiger partial charge in [0.05, 0.1) is 12.8 Å². The van der Waals surface area contributed by atoms with Gasteiger partial charge in [0, 0.05) is 6.07 Å². The zero-order valence-electron chi connectivity index (χ0n) is 14.9. The van der Waals surface area contributed by atoms with Crippen LogP contribution in [-0.4, -0.2) is 19.6 Å². The molecule has 0 aliphatic heterocycles. The summed E-state index contributed by atoms with van der Waals surface area (Å²) in [5.74, 6) is 0.930. The largest absolute Gasteiger partial charge is 0.497 e. The van der Waals surface area contributed by atoms with Crippen molar-refractivity contribution in [2.45, 2.75) is 13.2 Å². The van der Waals surface area contributed by atoms with Gasteiger partial charge in [0.1, 0.15) is 29.6 Å². The molecule has 0 atom stereocenters. The Hall–Kier alpha value is -3.55. The zero-order valence-corrected chi connectivity index (χ0v) is 14.9. The number of anilines is 1. The van der Waals surface area contributed by atoms with Gasteiger partial charge in [0.15, 0.2) is 5.76 Å². The molecule has 6 nitrogen and oxygen atoms in total. The predicted molar refractivity (Wildman–Crippen MR) is 97.1 cm³/mol. The number of methoxy groups -OCH3 is 1. The molecule has 146 valence electrons. The van der Waals surface area contributed by atoms with E-state index in [1.54, 1.807) is 43.5 Å². The molecule has 0 unspecified atom stereocenters. The van der Waals surface area contributed by atoms with Gasteiger partial charge < -0.3 is 23.9 Å². The summed E-state index contributed by atoms with van der Waals surface area (Å²) in [5.41, 5.74) is 0.110. The van der Waals surface area contributed by atoms with Gasteiger partial charge >= 0.3 is 6.61 Å². The number of benzene rings is 2. The maximum absolute atomic E-state index is 12.5. The molecule has 1 N–H and O–H groups in total. The molecule has 0 saturated heterocycles. The Labute approximate surface area is 159 Å². The lowest BCUT2D eigenvalue weighted by Gasteiger charge is -2.10. The number of alkyl halides is 2. The highest BCUT2D eigenvalue weighted by atomic mass is 19.3. The summed E-state index contributed by atoms with van der Waals surface area (Å²) >= 11 is 0. The third-order valence-corrected chi connectivity index (χ3v) is 3.66. The van der Waals surface area contributed by atoms with Gasteiger partial charge in [0.25, 0.3) is 5.91 Å². The summed E-state index contributed by atoms with van der Waals surface area (Å²) in [6.45, 7) is -2.90. The fourth-order valence-corrected chi connectivity index (χ4v) is 2.38. The molecule has 1 amide bonds. The molecule has 0 spiro atoms. The zero-order chi connectivity index (χ0) is 19.9. The number of ether oxygens (including phenoxy) is 3. The third kappa shape index (κ3) is 5.00. The molecule has 3 rings (SSSR count). The van der Waals surface area contributed by atoms with Crippen molar-refractivity contribution in [2.24, 2.45) is 0 Å². The molecule has 0 saturated carbocycles. The fourth-order valence-electron chi connectivity index (χ4n) is 2.38. The Morgan fingerprint density at radius 1 is 1.07 bits per heavy atom. The fraction of sp³-hybridized carbons (Fsp3) is 0.150. The van der Waals surface area contributed by atoms with Crippen LogP contribution in [0.4, 0.5) is 14.5 Å². The summed E-state index contributed by atoms with van der Waals surface area (Å²) in [6.07, 6.45) is 0. The van der Waals surface area contributed by atoms with Crippen molar-refractivity contribution in [3.05, 3.63) is 72.2 Å². The van der Waals surface area contributed by atoms with Gasteiger partial charge in [-0.25, -0.2) is 0 Å². The maximum Gasteiger partial charge on any atom is 0.387 e. The molecule has 1 heterocycles. The number of amides is 1. The van der Waals surface area contributed by atoms with Gasteiger partial charge in [-0.2, -0.15) is 8.78 Å². The second-order valence-corrected chi connectivity index (χ2v) is 5.56. The number of nitrogens with one attached hydrogen (secondary N) is 1. The first-order chi connectivity index (χ1) is 13.5. The van der Waals surface area contributed by atoms with E-state index in [1.165, 1.54) is 24.3 Å². The van der Waals surface area contributed by atoms with Crippen LogP contribution in [-0.2, 0) is 6.61 Å². The first-order valence-electron chi connectivity index (χ1n) is 8.26. The van der Waals surface area contributed by atoms with Crippen LogP contribution in [0.15, 0.2) is 65.1 Å². The Morgan fingerprint density at radius 2 is 1.86 bits per heavy atom. The summed E-state index contributed by atoms with van der Waals surface area (Å²) < 4.78 is 45.5. The molecule has 2 aromatic carbocycles. The standard InChI is InChI=1S/C20H17F2NO5/c1-25-13-5-4-6-14(11-13)26-12-15-9-10-18(27-15)19(24)23-16-7-2-3-8-17(16)28-20(21)22/h2-11,20H,12H2,1H3,(H,23,24). The molecule has 0 bridgehead atoms. The van der Waals surface area contributed by atoms with Crippen LogP contribution in [0.2, 0.25) is 0 Å². The quantitative estimate of drug-likeness (QED) is 0.604. The van der Waals surface area contributed by atoms with Crippen molar-refractivity contribution in [1.29, 1.82) is 0 Å². The number of carbonyl (C=O) groups excluding carboxylic acids is 1. The van der Waals surface area contributed by atoms with Gasteiger partial charge in [-0.05, 0) is 36.4 Å². The molecular formula is C20H17F2NO5. The lowest BCUT2D eigenvalue weighted by molar-refractivity contribution is -0.0493. The van der Waals surface area contributed by atoms with Gasteiger partial charge in [-0.1, -0.05) is 18.2 Å². The number of carbonyl (C=O) groups is 1. The van der Waals surface area contributed by atoms with Gasteiger partial charge in [0.2, 0.25) is 0 Å². The Morgan fingerprint density at radius 3 is 2.64 bits per heavy atom. The van der Waals surface area contributed by atoms with Crippen LogP contribution in [0, 0.1) is 0 Å². The molecule has 0 aliphatic rings. The monoisotopic (exact) mass is 389 g/mol. The summed E-state index contributed by atoms with van der Waals surface area (Å²) in [4.78, 5) is 12.3. The molecule has 3 aromatic rings.